The van der Waals surface area contributed by atoms with Crippen LogP contribution >= 0.6 is 0 Å². The fraction of sp³-hybridized carbons (Fsp3) is 0.389. The quantitative estimate of drug-likeness (QED) is 0.0857. The Kier molecular flexibility index (Phi) is 11.8. The van der Waals surface area contributed by atoms with E-state index in [1.165, 1.54) is 0 Å². The fourth-order valence-electron chi connectivity index (χ4n) is 5.37. The number of carbonyl (C=O) groups excluding carboxylic acids is 2. The van der Waals surface area contributed by atoms with Gasteiger partial charge in [0.25, 0.3) is 11.7 Å². The Morgan fingerprint density at radius 3 is 2.27 bits per heavy atom. The number of methoxy groups -OCH3 is 1. The smallest absolute Gasteiger partial charge is 0.295 e. The predicted octanol–water partition coefficient (Wildman–Crippen LogP) is 6.61. The van der Waals surface area contributed by atoms with Crippen molar-refractivity contribution in [3.8, 4) is 17.2 Å². The molecule has 234 valence electrons. The number of ether oxygens (including phenoxy) is 3. The lowest BCUT2D eigenvalue weighted by Crippen LogP contribution is -2.33. The highest BCUT2D eigenvalue weighted by molar-refractivity contribution is 6.46. The Morgan fingerprint density at radius 1 is 0.886 bits per heavy atom. The second-order valence-corrected chi connectivity index (χ2v) is 10.8. The number of benzene rings is 3. The van der Waals surface area contributed by atoms with Crippen LogP contribution in [-0.4, -0.2) is 66.5 Å². The summed E-state index contributed by atoms with van der Waals surface area (Å²) in [4.78, 5) is 30.9. The summed E-state index contributed by atoms with van der Waals surface area (Å²) in [6, 6.07) is 21.4. The van der Waals surface area contributed by atoms with Gasteiger partial charge in [-0.1, -0.05) is 63.6 Å². The highest BCUT2D eigenvalue weighted by atomic mass is 16.5. The number of Topliss-reactive ketones (excluding diaryl/α,β-unsaturated/α-hetero) is 1. The van der Waals surface area contributed by atoms with Gasteiger partial charge in [-0.2, -0.15) is 0 Å². The van der Waals surface area contributed by atoms with Crippen molar-refractivity contribution in [1.82, 2.24) is 9.80 Å². The molecule has 1 atom stereocenters. The lowest BCUT2D eigenvalue weighted by atomic mass is 9.95. The monoisotopic (exact) mass is 600 g/mol. The van der Waals surface area contributed by atoms with Crippen LogP contribution in [0.5, 0.6) is 17.2 Å². The minimum atomic E-state index is -0.788. The van der Waals surface area contributed by atoms with E-state index in [4.69, 9.17) is 14.2 Å². The van der Waals surface area contributed by atoms with Crippen LogP contribution in [0.3, 0.4) is 0 Å². The molecule has 1 aliphatic heterocycles. The van der Waals surface area contributed by atoms with E-state index in [0.717, 1.165) is 38.0 Å². The van der Waals surface area contributed by atoms with E-state index >= 15 is 0 Å². The summed E-state index contributed by atoms with van der Waals surface area (Å²) in [5.74, 6) is 0.140. The third-order valence-corrected chi connectivity index (χ3v) is 7.94. The highest BCUT2D eigenvalue weighted by Crippen LogP contribution is 2.42. The Morgan fingerprint density at radius 2 is 1.61 bits per heavy atom. The molecule has 1 fully saturated rings. The van der Waals surface area contributed by atoms with Crippen LogP contribution in [0.25, 0.3) is 5.76 Å². The molecule has 44 heavy (non-hydrogen) atoms. The van der Waals surface area contributed by atoms with Gasteiger partial charge in [0.1, 0.15) is 18.1 Å². The number of hydrogen-bond acceptors (Lipinski definition) is 7. The van der Waals surface area contributed by atoms with Gasteiger partial charge in [-0.25, -0.2) is 0 Å². The van der Waals surface area contributed by atoms with Gasteiger partial charge in [0.2, 0.25) is 0 Å². The number of rotatable bonds is 16. The molecule has 1 heterocycles. The summed E-state index contributed by atoms with van der Waals surface area (Å²) < 4.78 is 17.5. The molecule has 8 nitrogen and oxygen atoms in total. The van der Waals surface area contributed by atoms with E-state index < -0.39 is 17.7 Å². The molecule has 8 heteroatoms. The van der Waals surface area contributed by atoms with Crippen LogP contribution in [-0.2, 0) is 16.2 Å². The molecule has 3 aromatic carbocycles. The third-order valence-electron chi connectivity index (χ3n) is 7.94. The number of ketones is 1. The maximum Gasteiger partial charge on any atom is 0.295 e. The molecule has 3 aromatic rings. The van der Waals surface area contributed by atoms with E-state index in [-0.39, 0.29) is 11.3 Å². The topological polar surface area (TPSA) is 88.5 Å². The summed E-state index contributed by atoms with van der Waals surface area (Å²) in [6.07, 6.45) is 2.66. The van der Waals surface area contributed by atoms with Gasteiger partial charge in [-0.05, 0) is 80.0 Å². The second-order valence-electron chi connectivity index (χ2n) is 10.8. The molecular formula is C36H44N2O6. The lowest BCUT2D eigenvalue weighted by molar-refractivity contribution is -0.140. The first-order valence-electron chi connectivity index (χ1n) is 15.5. The van der Waals surface area contributed by atoms with Gasteiger partial charge in [-0.15, -0.1) is 0 Å². The molecule has 0 bridgehead atoms. The van der Waals surface area contributed by atoms with Crippen LogP contribution in [0.1, 0.15) is 62.8 Å². The number of carbonyl (C=O) groups is 2. The van der Waals surface area contributed by atoms with Crippen molar-refractivity contribution in [2.45, 2.75) is 52.7 Å². The molecule has 0 aliphatic carbocycles. The molecule has 0 radical (unpaired) electrons. The van der Waals surface area contributed by atoms with Crippen molar-refractivity contribution in [3.05, 3.63) is 95.1 Å². The van der Waals surface area contributed by atoms with Crippen LogP contribution in [0.15, 0.2) is 78.4 Å². The largest absolute Gasteiger partial charge is 0.507 e. The normalized spacial score (nSPS) is 16.0. The van der Waals surface area contributed by atoms with Gasteiger partial charge < -0.3 is 29.1 Å². The number of aliphatic hydroxyl groups excluding tert-OH is 1. The van der Waals surface area contributed by atoms with Gasteiger partial charge in [0.15, 0.2) is 11.5 Å². The average molecular weight is 601 g/mol. The Bertz CT molecular complexity index is 1420. The van der Waals surface area contributed by atoms with Crippen LogP contribution < -0.4 is 14.2 Å². The summed E-state index contributed by atoms with van der Waals surface area (Å²) in [6.45, 7) is 10.2. The maximum absolute atomic E-state index is 13.5. The third kappa shape index (κ3) is 7.80. The Labute approximate surface area is 260 Å². The first-order chi connectivity index (χ1) is 21.4. The van der Waals surface area contributed by atoms with Crippen molar-refractivity contribution in [2.75, 3.05) is 39.9 Å². The van der Waals surface area contributed by atoms with E-state index in [1.807, 2.05) is 36.4 Å². The minimum Gasteiger partial charge on any atom is -0.507 e. The minimum absolute atomic E-state index is 0.0532. The molecule has 0 saturated carbocycles. The van der Waals surface area contributed by atoms with Crippen molar-refractivity contribution in [3.63, 3.8) is 0 Å². The van der Waals surface area contributed by atoms with Crippen molar-refractivity contribution in [2.24, 2.45) is 0 Å². The molecule has 0 spiro atoms. The summed E-state index contributed by atoms with van der Waals surface area (Å²) >= 11 is 0. The lowest BCUT2D eigenvalue weighted by Gasteiger charge is -2.27. The zero-order valence-electron chi connectivity index (χ0n) is 26.3. The van der Waals surface area contributed by atoms with E-state index in [9.17, 15) is 14.7 Å². The van der Waals surface area contributed by atoms with Gasteiger partial charge in [0, 0.05) is 12.1 Å². The Balaban J connectivity index is 1.69. The number of unbranched alkanes of at least 4 members (excludes halogenated alkanes) is 1. The molecular weight excluding hydrogens is 556 g/mol. The van der Waals surface area contributed by atoms with Gasteiger partial charge in [0.05, 0.1) is 25.3 Å². The van der Waals surface area contributed by atoms with E-state index in [2.05, 4.69) is 25.7 Å². The average Bonchev–Trinajstić information content (AvgIpc) is 3.31. The van der Waals surface area contributed by atoms with E-state index in [0.29, 0.717) is 54.6 Å². The zero-order chi connectivity index (χ0) is 31.5. The maximum atomic E-state index is 13.5. The van der Waals surface area contributed by atoms with Crippen molar-refractivity contribution < 1.29 is 28.9 Å². The molecule has 1 saturated heterocycles. The number of hydrogen-bond donors (Lipinski definition) is 1. The highest BCUT2D eigenvalue weighted by Gasteiger charge is 2.46. The van der Waals surface area contributed by atoms with Crippen LogP contribution in [0.4, 0.5) is 0 Å². The first-order valence-corrected chi connectivity index (χ1v) is 15.5. The van der Waals surface area contributed by atoms with Gasteiger partial charge in [-0.3, -0.25) is 9.59 Å². The number of nitrogens with zero attached hydrogens (tertiary/aromatic N) is 2. The van der Waals surface area contributed by atoms with Crippen LogP contribution in [0.2, 0.25) is 0 Å². The number of aliphatic hydroxyl groups is 1. The predicted molar refractivity (Wildman–Crippen MR) is 172 cm³/mol. The first kappa shape index (κ1) is 32.6. The van der Waals surface area contributed by atoms with Crippen molar-refractivity contribution >= 4 is 17.4 Å². The SMILES string of the molecule is CCCCOc1ccc(C(O)=C2C(=O)C(=O)N(CCCN(CC)CC)[C@@H]2c2ccc(OCc3ccccc3)c(OC)c2)cc1. The second kappa shape index (κ2) is 16.0. The van der Waals surface area contributed by atoms with E-state index in [1.54, 1.807) is 48.4 Å². The molecule has 1 aliphatic rings. The molecule has 4 rings (SSSR count). The Hall–Kier alpha value is -4.30. The summed E-state index contributed by atoms with van der Waals surface area (Å²) in [7, 11) is 1.56. The van der Waals surface area contributed by atoms with Crippen LogP contribution in [0, 0.1) is 0 Å². The van der Waals surface area contributed by atoms with Crippen molar-refractivity contribution in [1.29, 1.82) is 0 Å². The molecule has 0 aromatic heterocycles. The molecule has 1 amide bonds. The number of amides is 1. The molecule has 0 unspecified atom stereocenters. The number of likely N-dealkylation sites (tertiary alicyclic amines) is 1. The van der Waals surface area contributed by atoms with Gasteiger partial charge >= 0.3 is 0 Å². The zero-order valence-corrected chi connectivity index (χ0v) is 26.3. The fourth-order valence-corrected chi connectivity index (χ4v) is 5.37. The standard InChI is InChI=1S/C36H44N2O6/c1-5-8-23-43-29-18-15-27(16-19-29)34(39)32-33(38(36(41)35(32)40)22-12-21-37(6-2)7-3)28-17-20-30(31(24-28)42-4)44-25-26-13-10-9-11-14-26/h9-11,13-20,24,33,39H,5-8,12,21-23,25H2,1-4H3/t33-/m1/s1. The molecule has 1 N–H and O–H groups in total. The summed E-state index contributed by atoms with van der Waals surface area (Å²) in [5, 5.41) is 11.5. The summed E-state index contributed by atoms with van der Waals surface area (Å²) in [5.41, 5.74) is 2.16.